The van der Waals surface area contributed by atoms with Crippen molar-refractivity contribution in [1.82, 2.24) is 24.2 Å². The third-order valence-electron chi connectivity index (χ3n) is 6.15. The second kappa shape index (κ2) is 10.7. The zero-order chi connectivity index (χ0) is 25.8. The van der Waals surface area contributed by atoms with Crippen molar-refractivity contribution in [2.45, 2.75) is 26.8 Å². The van der Waals surface area contributed by atoms with Gasteiger partial charge in [-0.15, -0.1) is 0 Å². The highest BCUT2D eigenvalue weighted by Gasteiger charge is 2.20. The fraction of sp³-hybridized carbons (Fsp3) is 0.333. The number of aryl methyl sites for hydroxylation is 3. The van der Waals surface area contributed by atoms with E-state index < -0.39 is 0 Å². The quantitative estimate of drug-likeness (QED) is 0.387. The minimum atomic E-state index is -0.192. The monoisotopic (exact) mass is 488 g/mol. The standard InChI is InChI=1S/C27H32N6O3/c1-18-15-19(2)33(30-18)13-12-31(3)27(35)21-16-22(28-24(34)11-14-36-5)25-23(17-21)29-26(32(25)4)20-9-7-6-8-10-20/h6-10,15-17H,11-14H2,1-5H3,(H,28,34). The van der Waals surface area contributed by atoms with Gasteiger partial charge >= 0.3 is 0 Å². The van der Waals surface area contributed by atoms with E-state index in [1.807, 2.05) is 66.5 Å². The maximum atomic E-state index is 13.4. The molecule has 0 unspecified atom stereocenters. The number of hydrogen-bond acceptors (Lipinski definition) is 5. The average Bonchev–Trinajstić information content (AvgIpc) is 3.38. The topological polar surface area (TPSA) is 94.3 Å². The van der Waals surface area contributed by atoms with Gasteiger partial charge in [-0.05, 0) is 32.0 Å². The number of methoxy groups -OCH3 is 1. The van der Waals surface area contributed by atoms with Crippen molar-refractivity contribution in [2.75, 3.05) is 32.6 Å². The van der Waals surface area contributed by atoms with E-state index in [9.17, 15) is 9.59 Å². The van der Waals surface area contributed by atoms with Crippen LogP contribution in [0.1, 0.15) is 28.2 Å². The number of ether oxygens (including phenoxy) is 1. The van der Waals surface area contributed by atoms with Crippen LogP contribution in [0.3, 0.4) is 0 Å². The minimum absolute atomic E-state index is 0.155. The summed E-state index contributed by atoms with van der Waals surface area (Å²) in [5.74, 6) is 0.404. The molecule has 0 aliphatic heterocycles. The second-order valence-corrected chi connectivity index (χ2v) is 8.92. The Balaban J connectivity index is 1.68. The summed E-state index contributed by atoms with van der Waals surface area (Å²) in [6.45, 7) is 5.34. The third kappa shape index (κ3) is 5.31. The summed E-state index contributed by atoms with van der Waals surface area (Å²) in [4.78, 5) is 32.5. The van der Waals surface area contributed by atoms with E-state index in [4.69, 9.17) is 9.72 Å². The molecule has 0 aliphatic carbocycles. The molecule has 0 spiro atoms. The Morgan fingerprint density at radius 2 is 1.86 bits per heavy atom. The molecule has 1 N–H and O–H groups in total. The molecule has 2 aromatic heterocycles. The molecule has 2 heterocycles. The molecule has 2 aromatic carbocycles. The van der Waals surface area contributed by atoms with Gasteiger partial charge in [0.15, 0.2) is 0 Å². The van der Waals surface area contributed by atoms with Crippen LogP contribution in [-0.4, -0.2) is 63.4 Å². The van der Waals surface area contributed by atoms with E-state index in [0.29, 0.717) is 36.5 Å². The molecule has 0 bridgehead atoms. The van der Waals surface area contributed by atoms with Gasteiger partial charge in [0, 0.05) is 44.6 Å². The number of rotatable bonds is 9. The number of hydrogen-bond donors (Lipinski definition) is 1. The number of nitrogens with one attached hydrogen (secondary N) is 1. The smallest absolute Gasteiger partial charge is 0.253 e. The van der Waals surface area contributed by atoms with Crippen molar-refractivity contribution >= 4 is 28.5 Å². The number of benzene rings is 2. The molecule has 188 valence electrons. The summed E-state index contributed by atoms with van der Waals surface area (Å²) in [6.07, 6.45) is 0.210. The van der Waals surface area contributed by atoms with Gasteiger partial charge in [0.05, 0.1) is 42.0 Å². The Labute approximate surface area is 210 Å². The van der Waals surface area contributed by atoms with E-state index in [0.717, 1.165) is 28.3 Å². The minimum Gasteiger partial charge on any atom is -0.384 e. The van der Waals surface area contributed by atoms with Crippen molar-refractivity contribution in [1.29, 1.82) is 0 Å². The van der Waals surface area contributed by atoms with Crippen molar-refractivity contribution in [3.05, 3.63) is 65.5 Å². The van der Waals surface area contributed by atoms with Crippen LogP contribution >= 0.6 is 0 Å². The van der Waals surface area contributed by atoms with Crippen LogP contribution in [-0.2, 0) is 23.1 Å². The van der Waals surface area contributed by atoms with Gasteiger partial charge in [-0.25, -0.2) is 4.98 Å². The van der Waals surface area contributed by atoms with E-state index >= 15 is 0 Å². The first-order valence-electron chi connectivity index (χ1n) is 11.9. The summed E-state index contributed by atoms with van der Waals surface area (Å²) >= 11 is 0. The number of carbonyl (C=O) groups is 2. The molecule has 2 amide bonds. The van der Waals surface area contributed by atoms with Gasteiger partial charge in [-0.2, -0.15) is 5.10 Å². The lowest BCUT2D eigenvalue weighted by Gasteiger charge is -2.19. The zero-order valence-electron chi connectivity index (χ0n) is 21.4. The van der Waals surface area contributed by atoms with Gasteiger partial charge in [-0.3, -0.25) is 14.3 Å². The second-order valence-electron chi connectivity index (χ2n) is 8.92. The number of fused-ring (bicyclic) bond motifs is 1. The van der Waals surface area contributed by atoms with E-state index in [1.54, 1.807) is 31.2 Å². The Kier molecular flexibility index (Phi) is 7.49. The molecule has 9 nitrogen and oxygen atoms in total. The third-order valence-corrected chi connectivity index (χ3v) is 6.15. The first-order chi connectivity index (χ1) is 17.3. The summed E-state index contributed by atoms with van der Waals surface area (Å²) in [6, 6.07) is 15.4. The zero-order valence-corrected chi connectivity index (χ0v) is 21.4. The lowest BCUT2D eigenvalue weighted by Crippen LogP contribution is -2.30. The summed E-state index contributed by atoms with van der Waals surface area (Å²) in [5.41, 5.74) is 5.34. The Morgan fingerprint density at radius 3 is 2.53 bits per heavy atom. The largest absolute Gasteiger partial charge is 0.384 e. The molecule has 36 heavy (non-hydrogen) atoms. The van der Waals surface area contributed by atoms with Crippen molar-refractivity contribution < 1.29 is 14.3 Å². The summed E-state index contributed by atoms with van der Waals surface area (Å²) in [5, 5.41) is 7.44. The van der Waals surface area contributed by atoms with Gasteiger partial charge in [0.2, 0.25) is 5.91 Å². The average molecular weight is 489 g/mol. The molecule has 0 aliphatic rings. The normalized spacial score (nSPS) is 11.1. The van der Waals surface area contributed by atoms with Crippen LogP contribution < -0.4 is 5.32 Å². The van der Waals surface area contributed by atoms with Crippen molar-refractivity contribution in [3.8, 4) is 11.4 Å². The van der Waals surface area contributed by atoms with Crippen LogP contribution in [0.5, 0.6) is 0 Å². The highest BCUT2D eigenvalue weighted by Crippen LogP contribution is 2.31. The fourth-order valence-corrected chi connectivity index (χ4v) is 4.29. The SMILES string of the molecule is COCCC(=O)Nc1cc(C(=O)N(C)CCn2nc(C)cc2C)cc2nc(-c3ccccc3)n(C)c12. The molecular formula is C27H32N6O3. The molecule has 0 fully saturated rings. The highest BCUT2D eigenvalue weighted by molar-refractivity contribution is 6.06. The van der Waals surface area contributed by atoms with Gasteiger partial charge < -0.3 is 19.5 Å². The predicted molar refractivity (Wildman–Crippen MR) is 140 cm³/mol. The number of carbonyl (C=O) groups excluding carboxylic acids is 2. The van der Waals surface area contributed by atoms with Gasteiger partial charge in [0.25, 0.3) is 5.91 Å². The molecule has 0 radical (unpaired) electrons. The Morgan fingerprint density at radius 1 is 1.11 bits per heavy atom. The Hall–Kier alpha value is -3.98. The van der Waals surface area contributed by atoms with Crippen LogP contribution in [0.2, 0.25) is 0 Å². The number of likely N-dealkylation sites (N-methyl/N-ethyl adjacent to an activating group) is 1. The number of amides is 2. The van der Waals surface area contributed by atoms with Crippen molar-refractivity contribution in [2.24, 2.45) is 7.05 Å². The Bertz CT molecular complexity index is 1390. The van der Waals surface area contributed by atoms with E-state index in [-0.39, 0.29) is 18.2 Å². The lowest BCUT2D eigenvalue weighted by atomic mass is 10.1. The molecule has 0 saturated carbocycles. The van der Waals surface area contributed by atoms with Crippen molar-refractivity contribution in [3.63, 3.8) is 0 Å². The maximum Gasteiger partial charge on any atom is 0.253 e. The van der Waals surface area contributed by atoms with Crippen LogP contribution in [0.25, 0.3) is 22.4 Å². The van der Waals surface area contributed by atoms with Gasteiger partial charge in [0.1, 0.15) is 5.82 Å². The van der Waals surface area contributed by atoms with Crippen LogP contribution in [0.4, 0.5) is 5.69 Å². The first kappa shape index (κ1) is 25.1. The summed E-state index contributed by atoms with van der Waals surface area (Å²) in [7, 11) is 5.23. The number of imidazole rings is 1. The summed E-state index contributed by atoms with van der Waals surface area (Å²) < 4.78 is 8.88. The first-order valence-corrected chi connectivity index (χ1v) is 11.9. The predicted octanol–water partition coefficient (Wildman–Crippen LogP) is 3.80. The molecule has 0 saturated heterocycles. The van der Waals surface area contributed by atoms with Gasteiger partial charge in [-0.1, -0.05) is 30.3 Å². The number of aromatic nitrogens is 4. The van der Waals surface area contributed by atoms with E-state index in [2.05, 4.69) is 10.4 Å². The number of nitrogens with zero attached hydrogens (tertiary/aromatic N) is 5. The molecule has 9 heteroatoms. The maximum absolute atomic E-state index is 13.4. The van der Waals surface area contributed by atoms with E-state index in [1.165, 1.54) is 0 Å². The fourth-order valence-electron chi connectivity index (χ4n) is 4.29. The molecule has 4 rings (SSSR count). The highest BCUT2D eigenvalue weighted by atomic mass is 16.5. The lowest BCUT2D eigenvalue weighted by molar-refractivity contribution is -0.117. The molecule has 0 atom stereocenters. The van der Waals surface area contributed by atoms with Crippen LogP contribution in [0, 0.1) is 13.8 Å². The number of anilines is 1. The van der Waals surface area contributed by atoms with Crippen LogP contribution in [0.15, 0.2) is 48.5 Å². The molecule has 4 aromatic rings. The molecular weight excluding hydrogens is 456 g/mol.